The number of rotatable bonds is 4. The maximum atomic E-state index is 9.53. The normalized spacial score (nSPS) is 7.00. The van der Waals surface area contributed by atoms with E-state index in [-0.39, 0.29) is 47.9 Å². The van der Waals surface area contributed by atoms with Gasteiger partial charge in [-0.1, -0.05) is 39.5 Å². The van der Waals surface area contributed by atoms with Crippen molar-refractivity contribution < 1.29 is 10.2 Å². The number of hydrogen-bond donors (Lipinski definition) is 0. The third-order valence-electron chi connectivity index (χ3n) is 0.996. The van der Waals surface area contributed by atoms with Crippen molar-refractivity contribution in [1.29, 1.82) is 0 Å². The van der Waals surface area contributed by atoms with E-state index >= 15 is 0 Å². The summed E-state index contributed by atoms with van der Waals surface area (Å²) in [7, 11) is 0. The molecular formula is C8H18Al2O2+4. The molecule has 0 heterocycles. The van der Waals surface area contributed by atoms with E-state index in [0.717, 1.165) is 25.7 Å². The van der Waals surface area contributed by atoms with Crippen molar-refractivity contribution in [3.05, 3.63) is 0 Å². The quantitative estimate of drug-likeness (QED) is 0.576. The van der Waals surface area contributed by atoms with Crippen LogP contribution in [0.15, 0.2) is 0 Å². The van der Waals surface area contributed by atoms with Gasteiger partial charge in [0.1, 0.15) is 0 Å². The van der Waals surface area contributed by atoms with Crippen LogP contribution in [-0.2, 0) is 0 Å². The van der Waals surface area contributed by atoms with Crippen molar-refractivity contribution in [2.75, 3.05) is 13.2 Å². The first kappa shape index (κ1) is 23.1. The van der Waals surface area contributed by atoms with Crippen LogP contribution in [-0.4, -0.2) is 47.9 Å². The summed E-state index contributed by atoms with van der Waals surface area (Å²) >= 11 is 0. The Bertz CT molecular complexity index is 36.0. The maximum absolute atomic E-state index is 9.53. The van der Waals surface area contributed by atoms with E-state index < -0.39 is 0 Å². The van der Waals surface area contributed by atoms with E-state index in [1.54, 1.807) is 0 Å². The minimum Gasteiger partial charge on any atom is -0.854 e. The second-order valence-corrected chi connectivity index (χ2v) is 2.12. The van der Waals surface area contributed by atoms with Crippen LogP contribution in [0.25, 0.3) is 0 Å². The van der Waals surface area contributed by atoms with Crippen LogP contribution in [0.5, 0.6) is 0 Å². The van der Waals surface area contributed by atoms with Crippen molar-refractivity contribution in [1.82, 2.24) is 0 Å². The van der Waals surface area contributed by atoms with Crippen LogP contribution in [0.4, 0.5) is 0 Å². The third-order valence-corrected chi connectivity index (χ3v) is 0.996. The zero-order chi connectivity index (χ0) is 8.24. The van der Waals surface area contributed by atoms with Crippen LogP contribution in [0.3, 0.4) is 0 Å². The second kappa shape index (κ2) is 29.6. The van der Waals surface area contributed by atoms with E-state index in [1.807, 2.05) is 13.8 Å². The van der Waals surface area contributed by atoms with Gasteiger partial charge in [0.05, 0.1) is 0 Å². The predicted octanol–water partition coefficient (Wildman–Crippen LogP) is -0.468. The van der Waals surface area contributed by atoms with Crippen LogP contribution in [0, 0.1) is 0 Å². The van der Waals surface area contributed by atoms with Crippen LogP contribution >= 0.6 is 0 Å². The molecule has 0 N–H and O–H groups in total. The summed E-state index contributed by atoms with van der Waals surface area (Å²) in [6, 6.07) is 0. The van der Waals surface area contributed by atoms with Crippen molar-refractivity contribution in [3.8, 4) is 0 Å². The fraction of sp³-hybridized carbons (Fsp3) is 1.00. The minimum atomic E-state index is 0. The van der Waals surface area contributed by atoms with Gasteiger partial charge in [0.25, 0.3) is 0 Å². The first-order valence-corrected chi connectivity index (χ1v) is 3.99. The van der Waals surface area contributed by atoms with E-state index in [2.05, 4.69) is 0 Å². The summed E-state index contributed by atoms with van der Waals surface area (Å²) in [6.45, 7) is 4.21. The van der Waals surface area contributed by atoms with Crippen LogP contribution in [0.2, 0.25) is 0 Å². The van der Waals surface area contributed by atoms with Crippen molar-refractivity contribution in [3.63, 3.8) is 0 Å². The molecule has 0 atom stereocenters. The monoisotopic (exact) mass is 200 g/mol. The molecule has 0 aromatic heterocycles. The Balaban J connectivity index is -0.0000000457. The summed E-state index contributed by atoms with van der Waals surface area (Å²) in [5.74, 6) is 0. The molecular weight excluding hydrogens is 182 g/mol. The van der Waals surface area contributed by atoms with Gasteiger partial charge in [0.2, 0.25) is 0 Å². The Morgan fingerprint density at radius 2 is 1.00 bits per heavy atom. The fourth-order valence-electron chi connectivity index (χ4n) is 0.289. The van der Waals surface area contributed by atoms with Gasteiger partial charge in [-0.25, -0.2) is 0 Å². The summed E-state index contributed by atoms with van der Waals surface area (Å²) in [5.41, 5.74) is 0. The minimum absolute atomic E-state index is 0. The molecule has 12 heavy (non-hydrogen) atoms. The van der Waals surface area contributed by atoms with E-state index in [0.29, 0.717) is 0 Å². The smallest absolute Gasteiger partial charge is 0.854 e. The van der Waals surface area contributed by atoms with Gasteiger partial charge < -0.3 is 10.2 Å². The molecule has 0 saturated heterocycles. The largest absolute Gasteiger partial charge is 3.00 e. The van der Waals surface area contributed by atoms with Gasteiger partial charge in [0.15, 0.2) is 0 Å². The molecule has 0 saturated carbocycles. The fourth-order valence-corrected chi connectivity index (χ4v) is 0.289. The zero-order valence-corrected chi connectivity index (χ0v) is 10.5. The van der Waals surface area contributed by atoms with E-state index in [1.165, 1.54) is 0 Å². The van der Waals surface area contributed by atoms with Gasteiger partial charge in [0, 0.05) is 0 Å². The Kier molecular flexibility index (Phi) is 57.1. The molecule has 0 aliphatic carbocycles. The summed E-state index contributed by atoms with van der Waals surface area (Å²) in [6.07, 6.45) is 3.73. The standard InChI is InChI=1S/2C4H9O.2Al/c2*1-2-3-4-5;;/h2*2-4H2,1H3;;/q2*-1;2*+3. The summed E-state index contributed by atoms with van der Waals surface area (Å²) in [4.78, 5) is 0. The topological polar surface area (TPSA) is 46.1 Å². The summed E-state index contributed by atoms with van der Waals surface area (Å²) < 4.78 is 0. The molecule has 0 spiro atoms. The predicted molar refractivity (Wildman–Crippen MR) is 51.1 cm³/mol. The van der Waals surface area contributed by atoms with Gasteiger partial charge in [-0.2, -0.15) is 0 Å². The molecule has 0 amide bonds. The van der Waals surface area contributed by atoms with Crippen molar-refractivity contribution >= 4 is 34.7 Å². The first-order chi connectivity index (χ1) is 4.83. The van der Waals surface area contributed by atoms with Gasteiger partial charge in [-0.3, -0.25) is 0 Å². The SMILES string of the molecule is CCCC[O-].CCCC[O-].[Al+3].[Al+3]. The molecule has 64 valence electrons. The molecule has 0 radical (unpaired) electrons. The van der Waals surface area contributed by atoms with Crippen molar-refractivity contribution in [2.24, 2.45) is 0 Å². The second-order valence-electron chi connectivity index (χ2n) is 2.12. The molecule has 2 nitrogen and oxygen atoms in total. The van der Waals surface area contributed by atoms with E-state index in [4.69, 9.17) is 0 Å². The molecule has 4 heteroatoms. The Morgan fingerprint density at radius 1 is 0.750 bits per heavy atom. The molecule has 0 aromatic carbocycles. The zero-order valence-electron chi connectivity index (χ0n) is 8.21. The molecule has 0 aromatic rings. The molecule has 0 bridgehead atoms. The van der Waals surface area contributed by atoms with Gasteiger partial charge in [-0.05, 0) is 0 Å². The molecule has 0 unspecified atom stereocenters. The van der Waals surface area contributed by atoms with Crippen LogP contribution in [0.1, 0.15) is 39.5 Å². The van der Waals surface area contributed by atoms with Gasteiger partial charge in [-0.15, -0.1) is 13.2 Å². The van der Waals surface area contributed by atoms with E-state index in [9.17, 15) is 10.2 Å². The molecule has 0 rings (SSSR count). The molecule has 0 fully saturated rings. The van der Waals surface area contributed by atoms with Crippen molar-refractivity contribution in [2.45, 2.75) is 39.5 Å². The molecule has 0 aliphatic heterocycles. The number of unbranched alkanes of at least 4 members (excludes halogenated alkanes) is 2. The average Bonchev–Trinajstić information content (AvgIpc) is 1.93. The summed E-state index contributed by atoms with van der Waals surface area (Å²) in [5, 5.41) is 19.1. The number of hydrogen-bond acceptors (Lipinski definition) is 2. The third kappa shape index (κ3) is 44.1. The Hall–Kier alpha value is 0.985. The maximum Gasteiger partial charge on any atom is 3.00 e. The Morgan fingerprint density at radius 3 is 1.00 bits per heavy atom. The van der Waals surface area contributed by atoms with Gasteiger partial charge >= 0.3 is 34.7 Å². The average molecular weight is 200 g/mol. The molecule has 0 aliphatic rings. The van der Waals surface area contributed by atoms with Crippen LogP contribution < -0.4 is 10.2 Å². The Labute approximate surface area is 97.6 Å². The first-order valence-electron chi connectivity index (χ1n) is 3.99.